The molecule has 0 bridgehead atoms. The molecule has 3 rings (SSSR count). The van der Waals surface area contributed by atoms with E-state index in [1.807, 2.05) is 0 Å². The van der Waals surface area contributed by atoms with Gasteiger partial charge >= 0.3 is 6.18 Å². The summed E-state index contributed by atoms with van der Waals surface area (Å²) in [6, 6.07) is 4.25. The van der Waals surface area contributed by atoms with Crippen molar-refractivity contribution in [1.29, 1.82) is 0 Å². The minimum atomic E-state index is -4.46. The fourth-order valence-corrected chi connectivity index (χ4v) is 3.01. The van der Waals surface area contributed by atoms with Gasteiger partial charge in [0.1, 0.15) is 0 Å². The number of hydrogen-bond donors (Lipinski definition) is 4. The van der Waals surface area contributed by atoms with Crippen molar-refractivity contribution >= 4 is 29.1 Å². The van der Waals surface area contributed by atoms with Gasteiger partial charge < -0.3 is 10.6 Å². The van der Waals surface area contributed by atoms with Crippen LogP contribution in [0.4, 0.5) is 24.5 Å². The van der Waals surface area contributed by atoms with Crippen molar-refractivity contribution in [2.24, 2.45) is 12.5 Å². The molecular formula is C19H19F3N6O3. The summed E-state index contributed by atoms with van der Waals surface area (Å²) in [7, 11) is 1.55. The first-order valence-electron chi connectivity index (χ1n) is 9.03. The maximum atomic E-state index is 12.7. The lowest BCUT2D eigenvalue weighted by Crippen LogP contribution is -2.49. The largest absolute Gasteiger partial charge is 0.416 e. The van der Waals surface area contributed by atoms with Crippen LogP contribution in [0.25, 0.3) is 0 Å². The summed E-state index contributed by atoms with van der Waals surface area (Å²) in [5.41, 5.74) is 2.91. The summed E-state index contributed by atoms with van der Waals surface area (Å²) in [6.45, 7) is 3.64. The van der Waals surface area contributed by atoms with Crippen LogP contribution in [0.5, 0.6) is 0 Å². The minimum Gasteiger partial charge on any atom is -0.355 e. The molecule has 0 spiro atoms. The van der Waals surface area contributed by atoms with Gasteiger partial charge in [0.25, 0.3) is 11.8 Å². The lowest BCUT2D eigenvalue weighted by molar-refractivity contribution is -0.137. The number of rotatable bonds is 5. The van der Waals surface area contributed by atoms with Gasteiger partial charge in [-0.25, -0.2) is 0 Å². The third-order valence-electron chi connectivity index (χ3n) is 4.74. The van der Waals surface area contributed by atoms with Crippen LogP contribution in [0.2, 0.25) is 0 Å². The Hall–Kier alpha value is -3.83. The van der Waals surface area contributed by atoms with Crippen LogP contribution in [0.1, 0.15) is 22.5 Å². The van der Waals surface area contributed by atoms with Crippen LogP contribution in [-0.2, 0) is 22.8 Å². The lowest BCUT2D eigenvalue weighted by atomic mass is 9.86. The molecule has 31 heavy (non-hydrogen) atoms. The molecule has 1 aromatic carbocycles. The Morgan fingerprint density at radius 1 is 1.26 bits per heavy atom. The normalized spacial score (nSPS) is 18.3. The molecule has 12 heteroatoms. The van der Waals surface area contributed by atoms with Gasteiger partial charge in [0.15, 0.2) is 5.69 Å². The van der Waals surface area contributed by atoms with E-state index in [1.54, 1.807) is 7.05 Å². The summed E-state index contributed by atoms with van der Waals surface area (Å²) >= 11 is 0. The number of nitrogens with zero attached hydrogens (tertiary/aromatic N) is 2. The number of aryl methyl sites for hydroxylation is 1. The number of alkyl halides is 3. The molecule has 1 fully saturated rings. The third kappa shape index (κ3) is 4.68. The van der Waals surface area contributed by atoms with Gasteiger partial charge in [-0.2, -0.15) is 18.3 Å². The topological polar surface area (TPSA) is 117 Å². The van der Waals surface area contributed by atoms with Gasteiger partial charge in [-0.1, -0.05) is 6.08 Å². The van der Waals surface area contributed by atoms with Crippen LogP contribution in [0, 0.1) is 5.41 Å². The number of aromatic nitrogens is 2. The summed E-state index contributed by atoms with van der Waals surface area (Å²) < 4.78 is 39.4. The highest BCUT2D eigenvalue weighted by atomic mass is 19.4. The van der Waals surface area contributed by atoms with E-state index >= 15 is 0 Å². The van der Waals surface area contributed by atoms with Crippen LogP contribution in [-0.4, -0.2) is 34.0 Å². The second-order valence-corrected chi connectivity index (χ2v) is 6.99. The second-order valence-electron chi connectivity index (χ2n) is 6.99. The zero-order valence-electron chi connectivity index (χ0n) is 16.3. The highest BCUT2D eigenvalue weighted by Gasteiger charge is 2.42. The maximum absolute atomic E-state index is 12.7. The lowest BCUT2D eigenvalue weighted by Gasteiger charge is -2.21. The number of carbonyl (C=O) groups excluding carboxylic acids is 3. The Kier molecular flexibility index (Phi) is 5.73. The molecule has 4 N–H and O–H groups in total. The molecule has 0 radical (unpaired) electrons. The number of amides is 3. The maximum Gasteiger partial charge on any atom is 0.416 e. The molecule has 1 unspecified atom stereocenters. The Morgan fingerprint density at radius 3 is 2.48 bits per heavy atom. The predicted octanol–water partition coefficient (Wildman–Crippen LogP) is 1.64. The summed E-state index contributed by atoms with van der Waals surface area (Å²) in [4.78, 5) is 36.5. The van der Waals surface area contributed by atoms with Crippen molar-refractivity contribution in [3.05, 3.63) is 54.4 Å². The highest BCUT2D eigenvalue weighted by molar-refractivity contribution is 6.00. The van der Waals surface area contributed by atoms with E-state index in [4.69, 9.17) is 0 Å². The SMILES string of the molecule is C=CC1(C(=O)NNC(=O)c2nn(C)cc2Nc2ccc(C(F)(F)F)cc2)CNC(=O)C1. The van der Waals surface area contributed by atoms with Crippen LogP contribution < -0.4 is 21.5 Å². The van der Waals surface area contributed by atoms with Crippen LogP contribution in [0.3, 0.4) is 0 Å². The number of halogens is 3. The van der Waals surface area contributed by atoms with Crippen LogP contribution >= 0.6 is 0 Å². The molecule has 2 heterocycles. The van der Waals surface area contributed by atoms with Gasteiger partial charge in [-0.15, -0.1) is 6.58 Å². The zero-order valence-corrected chi connectivity index (χ0v) is 16.3. The number of carbonyl (C=O) groups is 3. The first-order valence-corrected chi connectivity index (χ1v) is 9.03. The fraction of sp³-hybridized carbons (Fsp3) is 0.263. The van der Waals surface area contributed by atoms with E-state index in [0.717, 1.165) is 12.1 Å². The zero-order chi connectivity index (χ0) is 22.8. The molecule has 1 saturated heterocycles. The van der Waals surface area contributed by atoms with E-state index in [-0.39, 0.29) is 30.3 Å². The van der Waals surface area contributed by atoms with E-state index in [2.05, 4.69) is 33.2 Å². The van der Waals surface area contributed by atoms with E-state index < -0.39 is 29.0 Å². The number of hydrazine groups is 1. The molecule has 3 amide bonds. The number of anilines is 2. The van der Waals surface area contributed by atoms with E-state index in [0.29, 0.717) is 5.69 Å². The molecule has 1 aromatic heterocycles. The molecule has 2 aromatic rings. The quantitative estimate of drug-likeness (QED) is 0.420. The van der Waals surface area contributed by atoms with Gasteiger partial charge in [-0.05, 0) is 24.3 Å². The monoisotopic (exact) mass is 436 g/mol. The summed E-state index contributed by atoms with van der Waals surface area (Å²) in [5, 5.41) is 9.37. The molecule has 0 saturated carbocycles. The minimum absolute atomic E-state index is 0.0569. The Labute approximate surface area is 174 Å². The van der Waals surface area contributed by atoms with E-state index in [9.17, 15) is 27.6 Å². The Balaban J connectivity index is 1.69. The van der Waals surface area contributed by atoms with Crippen molar-refractivity contribution in [1.82, 2.24) is 25.9 Å². The molecule has 164 valence electrons. The molecular weight excluding hydrogens is 417 g/mol. The van der Waals surface area contributed by atoms with Crippen molar-refractivity contribution in [2.45, 2.75) is 12.6 Å². The first kappa shape index (κ1) is 21.9. The Bertz CT molecular complexity index is 1030. The molecule has 1 aliphatic rings. The molecule has 1 atom stereocenters. The summed E-state index contributed by atoms with van der Waals surface area (Å²) in [6.07, 6.45) is -1.76. The number of nitrogens with one attached hydrogen (secondary N) is 4. The smallest absolute Gasteiger partial charge is 0.355 e. The Morgan fingerprint density at radius 2 is 1.94 bits per heavy atom. The highest BCUT2D eigenvalue weighted by Crippen LogP contribution is 2.31. The first-order chi connectivity index (χ1) is 14.5. The average Bonchev–Trinajstić information content (AvgIpc) is 3.28. The number of benzene rings is 1. The van der Waals surface area contributed by atoms with Gasteiger partial charge in [0.2, 0.25) is 5.91 Å². The van der Waals surface area contributed by atoms with Crippen molar-refractivity contribution < 1.29 is 27.6 Å². The second kappa shape index (κ2) is 8.13. The molecule has 9 nitrogen and oxygen atoms in total. The molecule has 0 aliphatic carbocycles. The van der Waals surface area contributed by atoms with Gasteiger partial charge in [0, 0.05) is 31.9 Å². The van der Waals surface area contributed by atoms with Crippen LogP contribution in [0.15, 0.2) is 43.1 Å². The standard InChI is InChI=1S/C19H19F3N6O3/c1-3-18(8-14(29)23-10-18)17(31)26-25-16(30)15-13(9-28(2)27-15)24-12-6-4-11(5-7-12)19(20,21)22/h3-7,9,24H,1,8,10H2,2H3,(H,23,29)(H,25,30)(H,26,31). The van der Waals surface area contributed by atoms with Gasteiger partial charge in [0.05, 0.1) is 16.7 Å². The average molecular weight is 436 g/mol. The number of hydrogen-bond acceptors (Lipinski definition) is 5. The van der Waals surface area contributed by atoms with E-state index in [1.165, 1.54) is 29.1 Å². The van der Waals surface area contributed by atoms with Crippen molar-refractivity contribution in [3.63, 3.8) is 0 Å². The van der Waals surface area contributed by atoms with Crippen molar-refractivity contribution in [2.75, 3.05) is 11.9 Å². The third-order valence-corrected chi connectivity index (χ3v) is 4.74. The molecule has 1 aliphatic heterocycles. The fourth-order valence-electron chi connectivity index (χ4n) is 3.01. The predicted molar refractivity (Wildman–Crippen MR) is 104 cm³/mol. The van der Waals surface area contributed by atoms with Crippen molar-refractivity contribution in [3.8, 4) is 0 Å². The summed E-state index contributed by atoms with van der Waals surface area (Å²) in [5.74, 6) is -1.70. The van der Waals surface area contributed by atoms with Gasteiger partial charge in [-0.3, -0.25) is 29.9 Å².